The summed E-state index contributed by atoms with van der Waals surface area (Å²) in [6, 6.07) is 5.82. The molecule has 0 fully saturated rings. The molecule has 0 saturated heterocycles. The van der Waals surface area contributed by atoms with Gasteiger partial charge in [0.2, 0.25) is 11.9 Å². The average Bonchev–Trinajstić information content (AvgIpc) is 2.81. The Labute approximate surface area is 112 Å². The van der Waals surface area contributed by atoms with E-state index in [1.54, 1.807) is 4.52 Å². The second-order valence-electron chi connectivity index (χ2n) is 4.40. The fourth-order valence-corrected chi connectivity index (χ4v) is 1.75. The molecule has 6 nitrogen and oxygen atoms in total. The standard InChI is InChI=1S/C13H19N5O/c1-3-8-14-12(19)7-9-15-13-16-11-6-4-5-10(2)18(11)17-13/h4-6H,3,7-9H2,1-2H3,(H,14,19)(H,15,17). The fraction of sp³-hybridized carbons (Fsp3) is 0.462. The first kappa shape index (κ1) is 13.3. The molecule has 0 bridgehead atoms. The number of fused-ring (bicyclic) bond motifs is 1. The molecule has 0 aliphatic carbocycles. The van der Waals surface area contributed by atoms with E-state index in [0.29, 0.717) is 18.9 Å². The summed E-state index contributed by atoms with van der Waals surface area (Å²) in [5, 5.41) is 10.2. The largest absolute Gasteiger partial charge is 0.356 e. The molecule has 2 heterocycles. The first-order valence-electron chi connectivity index (χ1n) is 6.53. The molecule has 0 aliphatic rings. The topological polar surface area (TPSA) is 71.3 Å². The van der Waals surface area contributed by atoms with Crippen molar-refractivity contribution in [2.75, 3.05) is 18.4 Å². The maximum Gasteiger partial charge on any atom is 0.243 e. The van der Waals surface area contributed by atoms with Gasteiger partial charge in [0.15, 0.2) is 5.65 Å². The predicted molar refractivity (Wildman–Crippen MR) is 74.1 cm³/mol. The Kier molecular flexibility index (Phi) is 4.33. The lowest BCUT2D eigenvalue weighted by Crippen LogP contribution is -2.26. The number of aromatic nitrogens is 3. The van der Waals surface area contributed by atoms with Gasteiger partial charge < -0.3 is 10.6 Å². The van der Waals surface area contributed by atoms with Crippen LogP contribution in [0, 0.1) is 6.92 Å². The first-order chi connectivity index (χ1) is 9.20. The molecular weight excluding hydrogens is 242 g/mol. The lowest BCUT2D eigenvalue weighted by molar-refractivity contribution is -0.120. The molecule has 2 aromatic rings. The summed E-state index contributed by atoms with van der Waals surface area (Å²) < 4.78 is 1.78. The van der Waals surface area contributed by atoms with Gasteiger partial charge in [0, 0.05) is 25.2 Å². The van der Waals surface area contributed by atoms with Crippen LogP contribution >= 0.6 is 0 Å². The summed E-state index contributed by atoms with van der Waals surface area (Å²) in [5.74, 6) is 0.604. The van der Waals surface area contributed by atoms with Crippen LogP contribution in [0.2, 0.25) is 0 Å². The molecule has 6 heteroatoms. The van der Waals surface area contributed by atoms with E-state index in [-0.39, 0.29) is 5.91 Å². The minimum Gasteiger partial charge on any atom is -0.356 e. The zero-order chi connectivity index (χ0) is 13.7. The Morgan fingerprint density at radius 2 is 2.21 bits per heavy atom. The van der Waals surface area contributed by atoms with Gasteiger partial charge in [-0.05, 0) is 25.5 Å². The number of hydrogen-bond acceptors (Lipinski definition) is 4. The quantitative estimate of drug-likeness (QED) is 0.823. The van der Waals surface area contributed by atoms with Crippen LogP contribution in [0.5, 0.6) is 0 Å². The van der Waals surface area contributed by atoms with Crippen molar-refractivity contribution in [3.8, 4) is 0 Å². The van der Waals surface area contributed by atoms with Gasteiger partial charge in [-0.2, -0.15) is 4.98 Å². The molecule has 0 unspecified atom stereocenters. The number of nitrogens with zero attached hydrogens (tertiary/aromatic N) is 3. The molecule has 2 rings (SSSR count). The Balaban J connectivity index is 1.88. The SMILES string of the molecule is CCCNC(=O)CCNc1nc2cccc(C)n2n1. The molecule has 19 heavy (non-hydrogen) atoms. The number of nitrogens with one attached hydrogen (secondary N) is 2. The second kappa shape index (κ2) is 6.17. The normalized spacial score (nSPS) is 10.6. The van der Waals surface area contributed by atoms with E-state index in [4.69, 9.17) is 0 Å². The molecule has 2 N–H and O–H groups in total. The number of carbonyl (C=O) groups is 1. The van der Waals surface area contributed by atoms with Crippen molar-refractivity contribution in [1.82, 2.24) is 19.9 Å². The van der Waals surface area contributed by atoms with Crippen LogP contribution in [0.15, 0.2) is 18.2 Å². The van der Waals surface area contributed by atoms with Gasteiger partial charge in [-0.15, -0.1) is 5.10 Å². The molecule has 0 atom stereocenters. The number of rotatable bonds is 6. The predicted octanol–water partition coefficient (Wildman–Crippen LogP) is 1.37. The van der Waals surface area contributed by atoms with E-state index >= 15 is 0 Å². The highest BCUT2D eigenvalue weighted by Gasteiger charge is 2.05. The maximum atomic E-state index is 11.4. The van der Waals surface area contributed by atoms with E-state index in [9.17, 15) is 4.79 Å². The summed E-state index contributed by atoms with van der Waals surface area (Å²) in [6.07, 6.45) is 1.38. The van der Waals surface area contributed by atoms with E-state index < -0.39 is 0 Å². The summed E-state index contributed by atoms with van der Waals surface area (Å²) in [5.41, 5.74) is 1.83. The highest BCUT2D eigenvalue weighted by Crippen LogP contribution is 2.07. The Hall–Kier alpha value is -2.11. The highest BCUT2D eigenvalue weighted by atomic mass is 16.1. The van der Waals surface area contributed by atoms with Gasteiger partial charge in [0.1, 0.15) is 0 Å². The molecular formula is C13H19N5O. The first-order valence-corrected chi connectivity index (χ1v) is 6.53. The van der Waals surface area contributed by atoms with E-state index in [1.807, 2.05) is 32.0 Å². The zero-order valence-corrected chi connectivity index (χ0v) is 11.3. The van der Waals surface area contributed by atoms with E-state index in [2.05, 4.69) is 20.7 Å². The third kappa shape index (κ3) is 3.43. The van der Waals surface area contributed by atoms with Crippen LogP contribution < -0.4 is 10.6 Å². The number of hydrogen-bond donors (Lipinski definition) is 2. The van der Waals surface area contributed by atoms with Gasteiger partial charge in [0.05, 0.1) is 0 Å². The third-order valence-corrected chi connectivity index (χ3v) is 2.76. The van der Waals surface area contributed by atoms with Crippen molar-refractivity contribution < 1.29 is 4.79 Å². The summed E-state index contributed by atoms with van der Waals surface area (Å²) in [6.45, 7) is 5.27. The summed E-state index contributed by atoms with van der Waals surface area (Å²) >= 11 is 0. The molecule has 1 amide bonds. The second-order valence-corrected chi connectivity index (χ2v) is 4.40. The smallest absolute Gasteiger partial charge is 0.243 e. The number of pyridine rings is 1. The maximum absolute atomic E-state index is 11.4. The van der Waals surface area contributed by atoms with Gasteiger partial charge >= 0.3 is 0 Å². The van der Waals surface area contributed by atoms with Crippen molar-refractivity contribution in [3.05, 3.63) is 23.9 Å². The van der Waals surface area contributed by atoms with Crippen LogP contribution in [0.4, 0.5) is 5.95 Å². The van der Waals surface area contributed by atoms with Crippen molar-refractivity contribution in [3.63, 3.8) is 0 Å². The van der Waals surface area contributed by atoms with Crippen LogP contribution in [0.25, 0.3) is 5.65 Å². The van der Waals surface area contributed by atoms with Gasteiger partial charge in [-0.3, -0.25) is 4.79 Å². The zero-order valence-electron chi connectivity index (χ0n) is 11.3. The fourth-order valence-electron chi connectivity index (χ4n) is 1.75. The molecule has 0 aromatic carbocycles. The van der Waals surface area contributed by atoms with Crippen molar-refractivity contribution in [1.29, 1.82) is 0 Å². The van der Waals surface area contributed by atoms with Gasteiger partial charge in [-0.1, -0.05) is 13.0 Å². The van der Waals surface area contributed by atoms with Crippen molar-refractivity contribution in [2.45, 2.75) is 26.7 Å². The number of aryl methyl sites for hydroxylation is 1. The Bertz CT molecular complexity index is 563. The molecule has 102 valence electrons. The summed E-state index contributed by atoms with van der Waals surface area (Å²) in [4.78, 5) is 15.8. The van der Waals surface area contributed by atoms with Crippen molar-refractivity contribution in [2.24, 2.45) is 0 Å². The minimum absolute atomic E-state index is 0.0503. The van der Waals surface area contributed by atoms with Crippen molar-refractivity contribution >= 4 is 17.5 Å². The Morgan fingerprint density at radius 1 is 1.37 bits per heavy atom. The third-order valence-electron chi connectivity index (χ3n) is 2.76. The number of carbonyl (C=O) groups excluding carboxylic acids is 1. The van der Waals surface area contributed by atoms with Gasteiger partial charge in [0.25, 0.3) is 0 Å². The molecule has 0 saturated carbocycles. The molecule has 2 aromatic heterocycles. The number of anilines is 1. The van der Waals surface area contributed by atoms with Crippen LogP contribution in [-0.2, 0) is 4.79 Å². The Morgan fingerprint density at radius 3 is 2.95 bits per heavy atom. The lowest BCUT2D eigenvalue weighted by Gasteiger charge is -2.03. The monoisotopic (exact) mass is 261 g/mol. The molecule has 0 spiro atoms. The number of amides is 1. The van der Waals surface area contributed by atoms with E-state index in [0.717, 1.165) is 24.3 Å². The van der Waals surface area contributed by atoms with Crippen LogP contribution in [0.1, 0.15) is 25.5 Å². The highest BCUT2D eigenvalue weighted by molar-refractivity contribution is 5.76. The van der Waals surface area contributed by atoms with Gasteiger partial charge in [-0.25, -0.2) is 4.52 Å². The molecule has 0 radical (unpaired) electrons. The molecule has 0 aliphatic heterocycles. The minimum atomic E-state index is 0.0503. The van der Waals surface area contributed by atoms with Crippen LogP contribution in [-0.4, -0.2) is 33.6 Å². The van der Waals surface area contributed by atoms with E-state index in [1.165, 1.54) is 0 Å². The van der Waals surface area contributed by atoms with Crippen LogP contribution in [0.3, 0.4) is 0 Å². The lowest BCUT2D eigenvalue weighted by atomic mass is 10.4. The average molecular weight is 261 g/mol. The summed E-state index contributed by atoms with van der Waals surface area (Å²) in [7, 11) is 0.